The Morgan fingerprint density at radius 2 is 2.04 bits per heavy atom. The Kier molecular flexibility index (Phi) is 6.12. The number of benzene rings is 2. The average molecular weight is 366 g/mol. The summed E-state index contributed by atoms with van der Waals surface area (Å²) in [5, 5.41) is 3.04. The van der Waals surface area contributed by atoms with E-state index in [1.165, 1.54) is 0 Å². The smallest absolute Gasteiger partial charge is 0.251 e. The molecule has 1 atom stereocenters. The first-order valence-electron chi connectivity index (χ1n) is 9.47. The van der Waals surface area contributed by atoms with Gasteiger partial charge in [0.05, 0.1) is 12.6 Å². The van der Waals surface area contributed by atoms with Crippen molar-refractivity contribution in [3.05, 3.63) is 65.2 Å². The van der Waals surface area contributed by atoms with E-state index in [-0.39, 0.29) is 17.9 Å². The summed E-state index contributed by atoms with van der Waals surface area (Å²) >= 11 is 0. The highest BCUT2D eigenvalue weighted by atomic mass is 16.5. The molecule has 5 nitrogen and oxygen atoms in total. The van der Waals surface area contributed by atoms with Crippen molar-refractivity contribution in [3.8, 4) is 5.75 Å². The van der Waals surface area contributed by atoms with E-state index in [0.717, 1.165) is 29.8 Å². The predicted octanol–water partition coefficient (Wildman–Crippen LogP) is 3.70. The van der Waals surface area contributed by atoms with Gasteiger partial charge < -0.3 is 15.0 Å². The van der Waals surface area contributed by atoms with Crippen LogP contribution in [0.4, 0.5) is 0 Å². The largest absolute Gasteiger partial charge is 0.494 e. The van der Waals surface area contributed by atoms with Gasteiger partial charge in [0.2, 0.25) is 5.91 Å². The number of carbonyl (C=O) groups excluding carboxylic acids is 2. The van der Waals surface area contributed by atoms with Crippen LogP contribution < -0.4 is 10.1 Å². The Balaban J connectivity index is 1.66. The lowest BCUT2D eigenvalue weighted by molar-refractivity contribution is -0.128. The fraction of sp³-hybridized carbons (Fsp3) is 0.364. The Bertz CT molecular complexity index is 819. The van der Waals surface area contributed by atoms with Crippen LogP contribution in [0.25, 0.3) is 0 Å². The third-order valence-corrected chi connectivity index (χ3v) is 4.75. The van der Waals surface area contributed by atoms with Gasteiger partial charge in [0.25, 0.3) is 5.91 Å². The van der Waals surface area contributed by atoms with E-state index in [0.29, 0.717) is 25.1 Å². The van der Waals surface area contributed by atoms with Crippen molar-refractivity contribution in [1.82, 2.24) is 10.2 Å². The number of carbonyl (C=O) groups is 2. The van der Waals surface area contributed by atoms with Crippen LogP contribution in [0.3, 0.4) is 0 Å². The van der Waals surface area contributed by atoms with Gasteiger partial charge in [-0.15, -0.1) is 0 Å². The second kappa shape index (κ2) is 8.71. The molecule has 0 aliphatic carbocycles. The molecule has 1 fully saturated rings. The Hall–Kier alpha value is -2.82. The van der Waals surface area contributed by atoms with Crippen molar-refractivity contribution in [3.63, 3.8) is 0 Å². The quantitative estimate of drug-likeness (QED) is 0.813. The van der Waals surface area contributed by atoms with Crippen LogP contribution >= 0.6 is 0 Å². The zero-order chi connectivity index (χ0) is 19.2. The summed E-state index contributed by atoms with van der Waals surface area (Å²) in [5.41, 5.74) is 2.57. The van der Waals surface area contributed by atoms with E-state index < -0.39 is 0 Å². The minimum Gasteiger partial charge on any atom is -0.494 e. The van der Waals surface area contributed by atoms with Gasteiger partial charge in [0.15, 0.2) is 0 Å². The highest BCUT2D eigenvalue weighted by Gasteiger charge is 2.20. The first-order chi connectivity index (χ1) is 13.1. The molecule has 5 heteroatoms. The van der Waals surface area contributed by atoms with Crippen molar-refractivity contribution in [2.45, 2.75) is 39.3 Å². The molecule has 3 rings (SSSR count). The van der Waals surface area contributed by atoms with Crippen LogP contribution in [-0.4, -0.2) is 29.9 Å². The number of likely N-dealkylation sites (tertiary alicyclic amines) is 1. The number of ether oxygens (including phenoxy) is 1. The normalized spacial score (nSPS) is 14.9. The minimum atomic E-state index is -0.137. The van der Waals surface area contributed by atoms with Crippen LogP contribution in [0, 0.1) is 0 Å². The second-order valence-electron chi connectivity index (χ2n) is 6.82. The molecule has 27 heavy (non-hydrogen) atoms. The van der Waals surface area contributed by atoms with E-state index in [1.54, 1.807) is 6.07 Å². The maximum atomic E-state index is 12.7. The maximum Gasteiger partial charge on any atom is 0.251 e. The van der Waals surface area contributed by atoms with E-state index in [2.05, 4.69) is 5.32 Å². The minimum absolute atomic E-state index is 0.126. The van der Waals surface area contributed by atoms with Gasteiger partial charge in [-0.3, -0.25) is 9.59 Å². The van der Waals surface area contributed by atoms with Crippen molar-refractivity contribution >= 4 is 11.8 Å². The molecule has 1 N–H and O–H groups in total. The molecule has 0 bridgehead atoms. The third kappa shape index (κ3) is 4.88. The molecule has 142 valence electrons. The van der Waals surface area contributed by atoms with Crippen LogP contribution in [-0.2, 0) is 11.3 Å². The molecule has 2 aromatic rings. The number of nitrogens with zero attached hydrogens (tertiary/aromatic N) is 1. The Morgan fingerprint density at radius 1 is 1.22 bits per heavy atom. The molecule has 1 aliphatic rings. The van der Waals surface area contributed by atoms with Gasteiger partial charge in [-0.05, 0) is 55.7 Å². The molecular weight excluding hydrogens is 340 g/mol. The van der Waals surface area contributed by atoms with Crippen molar-refractivity contribution in [2.75, 3.05) is 13.2 Å². The summed E-state index contributed by atoms with van der Waals surface area (Å²) in [7, 11) is 0. The first-order valence-corrected chi connectivity index (χ1v) is 9.47. The van der Waals surface area contributed by atoms with E-state index in [9.17, 15) is 9.59 Å². The van der Waals surface area contributed by atoms with Gasteiger partial charge in [-0.1, -0.05) is 24.3 Å². The number of hydrogen-bond donors (Lipinski definition) is 1. The average Bonchev–Trinajstić information content (AvgIpc) is 3.07. The molecule has 0 radical (unpaired) electrons. The molecule has 1 aliphatic heterocycles. The maximum absolute atomic E-state index is 12.7. The molecular formula is C22H26N2O3. The molecule has 0 saturated carbocycles. The fourth-order valence-corrected chi connectivity index (χ4v) is 3.31. The van der Waals surface area contributed by atoms with Crippen LogP contribution in [0.15, 0.2) is 48.5 Å². The van der Waals surface area contributed by atoms with E-state index in [4.69, 9.17) is 4.74 Å². The summed E-state index contributed by atoms with van der Waals surface area (Å²) < 4.78 is 5.53. The van der Waals surface area contributed by atoms with Crippen molar-refractivity contribution in [1.29, 1.82) is 0 Å². The fourth-order valence-electron chi connectivity index (χ4n) is 3.31. The molecule has 0 spiro atoms. The molecule has 0 aromatic heterocycles. The Morgan fingerprint density at radius 3 is 2.78 bits per heavy atom. The SMILES string of the molecule is CCOc1cccc([C@H](C)NC(=O)c2cccc(CN3CCCC3=O)c2)c1. The molecule has 1 heterocycles. The van der Waals surface area contributed by atoms with Crippen LogP contribution in [0.5, 0.6) is 5.75 Å². The summed E-state index contributed by atoms with van der Waals surface area (Å²) in [5.74, 6) is 0.861. The Labute approximate surface area is 160 Å². The number of hydrogen-bond acceptors (Lipinski definition) is 3. The van der Waals surface area contributed by atoms with Gasteiger partial charge in [0.1, 0.15) is 5.75 Å². The lowest BCUT2D eigenvalue weighted by Gasteiger charge is -2.17. The summed E-state index contributed by atoms with van der Waals surface area (Å²) in [6, 6.07) is 15.1. The van der Waals surface area contributed by atoms with Gasteiger partial charge in [-0.25, -0.2) is 0 Å². The number of amides is 2. The zero-order valence-corrected chi connectivity index (χ0v) is 15.9. The number of nitrogens with one attached hydrogen (secondary N) is 1. The van der Waals surface area contributed by atoms with Gasteiger partial charge in [0, 0.05) is 25.1 Å². The monoisotopic (exact) mass is 366 g/mol. The van der Waals surface area contributed by atoms with Crippen molar-refractivity contribution < 1.29 is 14.3 Å². The van der Waals surface area contributed by atoms with Gasteiger partial charge >= 0.3 is 0 Å². The summed E-state index contributed by atoms with van der Waals surface area (Å²) in [6.07, 6.45) is 1.54. The first kappa shape index (κ1) is 19.0. The predicted molar refractivity (Wildman–Crippen MR) is 105 cm³/mol. The topological polar surface area (TPSA) is 58.6 Å². The molecule has 1 saturated heterocycles. The van der Waals surface area contributed by atoms with Crippen molar-refractivity contribution in [2.24, 2.45) is 0 Å². The van der Waals surface area contributed by atoms with Crippen LogP contribution in [0.2, 0.25) is 0 Å². The second-order valence-corrected chi connectivity index (χ2v) is 6.82. The zero-order valence-electron chi connectivity index (χ0n) is 15.9. The highest BCUT2D eigenvalue weighted by molar-refractivity contribution is 5.94. The standard InChI is InChI=1S/C22H26N2O3/c1-3-27-20-10-5-8-18(14-20)16(2)23-22(26)19-9-4-7-17(13-19)15-24-12-6-11-21(24)25/h4-5,7-10,13-14,16H,3,6,11-12,15H2,1-2H3,(H,23,26)/t16-/m0/s1. The van der Waals surface area contributed by atoms with Gasteiger partial charge in [-0.2, -0.15) is 0 Å². The molecule has 0 unspecified atom stereocenters. The molecule has 2 aromatic carbocycles. The summed E-state index contributed by atoms with van der Waals surface area (Å²) in [6.45, 7) is 5.86. The lowest BCUT2D eigenvalue weighted by atomic mass is 10.1. The van der Waals surface area contributed by atoms with Crippen LogP contribution in [0.1, 0.15) is 54.2 Å². The highest BCUT2D eigenvalue weighted by Crippen LogP contribution is 2.20. The summed E-state index contributed by atoms with van der Waals surface area (Å²) in [4.78, 5) is 26.3. The lowest BCUT2D eigenvalue weighted by Crippen LogP contribution is -2.27. The molecule has 2 amide bonds. The van der Waals surface area contributed by atoms with E-state index in [1.807, 2.05) is 61.2 Å². The van der Waals surface area contributed by atoms with E-state index >= 15 is 0 Å². The number of rotatable bonds is 7. The third-order valence-electron chi connectivity index (χ3n) is 4.75.